The van der Waals surface area contributed by atoms with Crippen LogP contribution in [0.15, 0.2) is 30.6 Å². The molecule has 0 aliphatic rings. The van der Waals surface area contributed by atoms with Gasteiger partial charge in [0, 0.05) is 25.8 Å². The fourth-order valence-corrected chi connectivity index (χ4v) is 1.73. The van der Waals surface area contributed by atoms with Crippen LogP contribution in [0.25, 0.3) is 0 Å². The van der Waals surface area contributed by atoms with Gasteiger partial charge in [-0.3, -0.25) is 0 Å². The van der Waals surface area contributed by atoms with Crippen molar-refractivity contribution in [3.63, 3.8) is 0 Å². The molecule has 1 aromatic heterocycles. The zero-order chi connectivity index (χ0) is 13.1. The van der Waals surface area contributed by atoms with Crippen molar-refractivity contribution >= 4 is 17.3 Å². The van der Waals surface area contributed by atoms with Crippen molar-refractivity contribution in [2.24, 2.45) is 0 Å². The van der Waals surface area contributed by atoms with Crippen molar-refractivity contribution < 1.29 is 0 Å². The lowest BCUT2D eigenvalue weighted by Crippen LogP contribution is -2.12. The van der Waals surface area contributed by atoms with E-state index in [1.54, 1.807) is 6.33 Å². The molecule has 2 rings (SSSR count). The van der Waals surface area contributed by atoms with Crippen molar-refractivity contribution in [3.8, 4) is 0 Å². The molecule has 1 aromatic carbocycles. The summed E-state index contributed by atoms with van der Waals surface area (Å²) >= 11 is 0. The molecule has 0 aliphatic heterocycles. The van der Waals surface area contributed by atoms with Crippen LogP contribution >= 0.6 is 0 Å². The zero-order valence-corrected chi connectivity index (χ0v) is 11.2. The summed E-state index contributed by atoms with van der Waals surface area (Å²) in [5, 5.41) is 3.02. The molecule has 1 N–H and O–H groups in total. The predicted molar refractivity (Wildman–Crippen MR) is 75.6 cm³/mol. The van der Waals surface area contributed by atoms with Crippen LogP contribution in [0, 0.1) is 13.8 Å². The Hall–Kier alpha value is -2.10. The van der Waals surface area contributed by atoms with Crippen LogP contribution in [0.5, 0.6) is 0 Å². The van der Waals surface area contributed by atoms with Gasteiger partial charge < -0.3 is 10.2 Å². The third-order valence-electron chi connectivity index (χ3n) is 3.13. The number of nitrogens with zero attached hydrogens (tertiary/aromatic N) is 3. The number of rotatable bonds is 3. The molecule has 4 nitrogen and oxygen atoms in total. The second-order valence-corrected chi connectivity index (χ2v) is 4.34. The van der Waals surface area contributed by atoms with Crippen molar-refractivity contribution in [1.29, 1.82) is 0 Å². The van der Waals surface area contributed by atoms with Gasteiger partial charge in [0.05, 0.1) is 0 Å². The summed E-state index contributed by atoms with van der Waals surface area (Å²) in [5.41, 5.74) is 3.70. The van der Waals surface area contributed by atoms with Gasteiger partial charge in [-0.15, -0.1) is 0 Å². The summed E-state index contributed by atoms with van der Waals surface area (Å²) in [5.74, 6) is 1.69. The minimum Gasteiger partial charge on any atom is -0.373 e. The van der Waals surface area contributed by atoms with Gasteiger partial charge in [0.1, 0.15) is 18.0 Å². The second-order valence-electron chi connectivity index (χ2n) is 4.34. The van der Waals surface area contributed by atoms with E-state index in [0.29, 0.717) is 0 Å². The van der Waals surface area contributed by atoms with E-state index in [4.69, 9.17) is 0 Å². The molecule has 0 saturated carbocycles. The molecular weight excluding hydrogens is 224 g/mol. The molecule has 0 bridgehead atoms. The number of hydrogen-bond donors (Lipinski definition) is 1. The van der Waals surface area contributed by atoms with E-state index in [-0.39, 0.29) is 0 Å². The number of anilines is 3. The summed E-state index contributed by atoms with van der Waals surface area (Å²) in [4.78, 5) is 10.5. The van der Waals surface area contributed by atoms with Gasteiger partial charge >= 0.3 is 0 Å². The van der Waals surface area contributed by atoms with Crippen LogP contribution in [0.2, 0.25) is 0 Å². The van der Waals surface area contributed by atoms with Gasteiger partial charge in [0.15, 0.2) is 0 Å². The Labute approximate surface area is 108 Å². The van der Waals surface area contributed by atoms with Crippen molar-refractivity contribution in [1.82, 2.24) is 9.97 Å². The molecule has 0 amide bonds. The van der Waals surface area contributed by atoms with Gasteiger partial charge in [-0.1, -0.05) is 6.07 Å². The molecule has 0 atom stereocenters. The van der Waals surface area contributed by atoms with Crippen molar-refractivity contribution in [2.75, 3.05) is 24.3 Å². The summed E-state index contributed by atoms with van der Waals surface area (Å²) in [6, 6.07) is 8.32. The molecule has 0 spiro atoms. The fourth-order valence-electron chi connectivity index (χ4n) is 1.73. The van der Waals surface area contributed by atoms with Gasteiger partial charge in [-0.25, -0.2) is 9.97 Å². The van der Waals surface area contributed by atoms with E-state index in [9.17, 15) is 0 Å². The lowest BCUT2D eigenvalue weighted by Gasteiger charge is -2.19. The zero-order valence-electron chi connectivity index (χ0n) is 11.2. The Morgan fingerprint density at radius 1 is 1.06 bits per heavy atom. The fraction of sp³-hybridized carbons (Fsp3) is 0.286. The van der Waals surface area contributed by atoms with Gasteiger partial charge in [0.2, 0.25) is 0 Å². The molecule has 2 aromatic rings. The highest BCUT2D eigenvalue weighted by molar-refractivity contribution is 5.62. The Morgan fingerprint density at radius 2 is 1.83 bits per heavy atom. The van der Waals surface area contributed by atoms with Crippen LogP contribution in [0.1, 0.15) is 11.1 Å². The van der Waals surface area contributed by atoms with Gasteiger partial charge in [0.25, 0.3) is 0 Å². The van der Waals surface area contributed by atoms with Crippen LogP contribution in [-0.4, -0.2) is 24.1 Å². The molecule has 4 heteroatoms. The first-order chi connectivity index (χ1) is 8.61. The van der Waals surface area contributed by atoms with Gasteiger partial charge in [-0.05, 0) is 37.1 Å². The maximum atomic E-state index is 4.29. The molecule has 0 saturated heterocycles. The van der Waals surface area contributed by atoms with Gasteiger partial charge in [-0.2, -0.15) is 0 Å². The highest BCUT2D eigenvalue weighted by Gasteiger charge is 2.07. The van der Waals surface area contributed by atoms with Crippen LogP contribution in [0.3, 0.4) is 0 Å². The number of benzene rings is 1. The Kier molecular flexibility index (Phi) is 3.46. The highest BCUT2D eigenvalue weighted by Crippen LogP contribution is 2.24. The molecule has 0 fully saturated rings. The standard InChI is InChI=1S/C14H18N4/c1-10-5-6-12(7-11(10)2)18(4)14-8-13(15-3)16-9-17-14/h5-9H,1-4H3,(H,15,16,17). The molecule has 18 heavy (non-hydrogen) atoms. The summed E-state index contributed by atoms with van der Waals surface area (Å²) in [7, 11) is 3.86. The van der Waals surface area contributed by atoms with Crippen molar-refractivity contribution in [3.05, 3.63) is 41.7 Å². The largest absolute Gasteiger partial charge is 0.373 e. The van der Waals surface area contributed by atoms with E-state index in [2.05, 4.69) is 52.2 Å². The van der Waals surface area contributed by atoms with Crippen molar-refractivity contribution in [2.45, 2.75) is 13.8 Å². The molecule has 1 heterocycles. The first kappa shape index (κ1) is 12.4. The van der Waals surface area contributed by atoms with E-state index < -0.39 is 0 Å². The predicted octanol–water partition coefficient (Wildman–Crippen LogP) is 2.90. The maximum Gasteiger partial charge on any atom is 0.138 e. The summed E-state index contributed by atoms with van der Waals surface area (Å²) in [6.45, 7) is 4.23. The Morgan fingerprint density at radius 3 is 2.50 bits per heavy atom. The first-order valence-corrected chi connectivity index (χ1v) is 5.92. The average Bonchev–Trinajstić information content (AvgIpc) is 2.41. The maximum absolute atomic E-state index is 4.29. The summed E-state index contributed by atoms with van der Waals surface area (Å²) in [6.07, 6.45) is 1.57. The highest BCUT2D eigenvalue weighted by atomic mass is 15.2. The minimum absolute atomic E-state index is 0.815. The number of nitrogens with one attached hydrogen (secondary N) is 1. The SMILES string of the molecule is CNc1cc(N(C)c2ccc(C)c(C)c2)ncn1. The summed E-state index contributed by atoms with van der Waals surface area (Å²) < 4.78 is 0. The van der Waals surface area contributed by atoms with E-state index in [0.717, 1.165) is 17.3 Å². The Bertz CT molecular complexity index is 551. The van der Waals surface area contributed by atoms with Crippen LogP contribution in [0.4, 0.5) is 17.3 Å². The third kappa shape index (κ3) is 2.42. The van der Waals surface area contributed by atoms with E-state index in [1.165, 1.54) is 11.1 Å². The van der Waals surface area contributed by atoms with E-state index >= 15 is 0 Å². The van der Waals surface area contributed by atoms with Crippen LogP contribution < -0.4 is 10.2 Å². The topological polar surface area (TPSA) is 41.0 Å². The third-order valence-corrected chi connectivity index (χ3v) is 3.13. The monoisotopic (exact) mass is 242 g/mol. The number of aromatic nitrogens is 2. The Balaban J connectivity index is 2.34. The lowest BCUT2D eigenvalue weighted by atomic mass is 10.1. The molecule has 0 aliphatic carbocycles. The van der Waals surface area contributed by atoms with Crippen LogP contribution in [-0.2, 0) is 0 Å². The molecule has 0 radical (unpaired) electrons. The molecular formula is C14H18N4. The van der Waals surface area contributed by atoms with E-state index in [1.807, 2.05) is 20.2 Å². The molecule has 0 unspecified atom stereocenters. The number of hydrogen-bond acceptors (Lipinski definition) is 4. The normalized spacial score (nSPS) is 10.2. The quantitative estimate of drug-likeness (QED) is 0.898. The number of aryl methyl sites for hydroxylation is 2. The average molecular weight is 242 g/mol. The first-order valence-electron chi connectivity index (χ1n) is 5.92. The lowest BCUT2D eigenvalue weighted by molar-refractivity contribution is 1.07. The molecule has 94 valence electrons. The smallest absolute Gasteiger partial charge is 0.138 e. The minimum atomic E-state index is 0.815. The second kappa shape index (κ2) is 5.04.